The van der Waals surface area contributed by atoms with Gasteiger partial charge in [0.2, 0.25) is 5.91 Å². The van der Waals surface area contributed by atoms with Crippen LogP contribution in [0.25, 0.3) is 0 Å². The zero-order valence-corrected chi connectivity index (χ0v) is 14.0. The van der Waals surface area contributed by atoms with Crippen LogP contribution in [0, 0.1) is 0 Å². The number of carbonyl (C=O) groups is 1. The first-order chi connectivity index (χ1) is 11.7. The molecule has 1 unspecified atom stereocenters. The van der Waals surface area contributed by atoms with Crippen LogP contribution in [0.15, 0.2) is 30.3 Å². The van der Waals surface area contributed by atoms with Gasteiger partial charge < -0.3 is 14.8 Å². The fraction of sp³-hybridized carbons (Fsp3) is 0.444. The highest BCUT2D eigenvalue weighted by Gasteiger charge is 2.20. The van der Waals surface area contributed by atoms with E-state index in [1.165, 1.54) is 0 Å². The van der Waals surface area contributed by atoms with Crippen molar-refractivity contribution in [3.63, 3.8) is 0 Å². The van der Waals surface area contributed by atoms with Crippen LogP contribution in [0.1, 0.15) is 42.9 Å². The molecule has 24 heavy (non-hydrogen) atoms. The number of rotatable bonds is 5. The summed E-state index contributed by atoms with van der Waals surface area (Å²) < 4.78 is 10.5. The number of benzene rings is 1. The third kappa shape index (κ3) is 3.76. The van der Waals surface area contributed by atoms with E-state index in [1.54, 1.807) is 7.11 Å². The minimum absolute atomic E-state index is 0.0785. The molecule has 1 aliphatic heterocycles. The minimum atomic E-state index is -0.265. The van der Waals surface area contributed by atoms with E-state index in [-0.39, 0.29) is 11.8 Å². The minimum Gasteiger partial charge on any atom is -0.497 e. The summed E-state index contributed by atoms with van der Waals surface area (Å²) in [6.45, 7) is 3.43. The van der Waals surface area contributed by atoms with Gasteiger partial charge >= 0.3 is 0 Å². The molecule has 0 bridgehead atoms. The summed E-state index contributed by atoms with van der Waals surface area (Å²) in [5.74, 6) is 1.43. The number of nitrogens with zero attached hydrogens (tertiary/aromatic N) is 1. The molecular weight excluding hydrogens is 306 g/mol. The second kappa shape index (κ2) is 7.49. The predicted octanol–water partition coefficient (Wildman–Crippen LogP) is 3.05. The highest BCUT2D eigenvalue weighted by molar-refractivity contribution is 5.94. The molecule has 6 nitrogen and oxygen atoms in total. The highest BCUT2D eigenvalue weighted by atomic mass is 16.5. The molecule has 1 fully saturated rings. The average molecular weight is 329 g/mol. The van der Waals surface area contributed by atoms with Gasteiger partial charge in [-0.3, -0.25) is 9.89 Å². The summed E-state index contributed by atoms with van der Waals surface area (Å²) >= 11 is 0. The van der Waals surface area contributed by atoms with Gasteiger partial charge in [0.1, 0.15) is 5.75 Å². The number of methoxy groups -OCH3 is 1. The fourth-order valence-electron chi connectivity index (χ4n) is 2.90. The summed E-state index contributed by atoms with van der Waals surface area (Å²) in [5.41, 5.74) is 2.00. The van der Waals surface area contributed by atoms with Gasteiger partial charge in [-0.25, -0.2) is 0 Å². The quantitative estimate of drug-likeness (QED) is 0.884. The van der Waals surface area contributed by atoms with Crippen molar-refractivity contribution in [1.29, 1.82) is 0 Å². The Morgan fingerprint density at radius 2 is 2.04 bits per heavy atom. The molecule has 0 radical (unpaired) electrons. The summed E-state index contributed by atoms with van der Waals surface area (Å²) in [6.07, 6.45) is 1.97. The number of ether oxygens (including phenoxy) is 2. The zero-order valence-electron chi connectivity index (χ0n) is 14.0. The van der Waals surface area contributed by atoms with Gasteiger partial charge in [-0.05, 0) is 37.5 Å². The first kappa shape index (κ1) is 16.5. The van der Waals surface area contributed by atoms with Crippen molar-refractivity contribution in [2.45, 2.75) is 31.6 Å². The molecular formula is C18H23N3O3. The van der Waals surface area contributed by atoms with E-state index >= 15 is 0 Å². The topological polar surface area (TPSA) is 76.2 Å². The predicted molar refractivity (Wildman–Crippen MR) is 91.4 cm³/mol. The van der Waals surface area contributed by atoms with Crippen LogP contribution in [-0.2, 0) is 9.53 Å². The Labute approximate surface area is 141 Å². The monoisotopic (exact) mass is 329 g/mol. The molecule has 128 valence electrons. The van der Waals surface area contributed by atoms with E-state index in [0.29, 0.717) is 11.7 Å². The zero-order chi connectivity index (χ0) is 16.9. The van der Waals surface area contributed by atoms with E-state index in [1.807, 2.05) is 37.3 Å². The van der Waals surface area contributed by atoms with Gasteiger partial charge in [-0.15, -0.1) is 0 Å². The number of carbonyl (C=O) groups excluding carboxylic acids is 1. The van der Waals surface area contributed by atoms with E-state index in [9.17, 15) is 4.79 Å². The van der Waals surface area contributed by atoms with Crippen LogP contribution in [0.5, 0.6) is 5.75 Å². The number of anilines is 1. The van der Waals surface area contributed by atoms with Crippen molar-refractivity contribution in [3.05, 3.63) is 41.6 Å². The SMILES string of the molecule is COc1ccc(C(C)C(=O)Nc2cc(C3CCOCC3)[nH]n2)cc1. The van der Waals surface area contributed by atoms with Crippen molar-refractivity contribution < 1.29 is 14.3 Å². The molecule has 2 heterocycles. The molecule has 2 aromatic rings. The van der Waals surface area contributed by atoms with Crippen molar-refractivity contribution in [1.82, 2.24) is 10.2 Å². The normalized spacial score (nSPS) is 16.6. The van der Waals surface area contributed by atoms with E-state index in [4.69, 9.17) is 9.47 Å². The summed E-state index contributed by atoms with van der Waals surface area (Å²) in [5, 5.41) is 10.1. The van der Waals surface area contributed by atoms with Crippen molar-refractivity contribution in [2.24, 2.45) is 0 Å². The van der Waals surface area contributed by atoms with Crippen LogP contribution in [-0.4, -0.2) is 36.4 Å². The van der Waals surface area contributed by atoms with E-state index < -0.39 is 0 Å². The van der Waals surface area contributed by atoms with E-state index in [0.717, 1.165) is 43.1 Å². The first-order valence-electron chi connectivity index (χ1n) is 8.25. The van der Waals surface area contributed by atoms with Crippen LogP contribution < -0.4 is 10.1 Å². The Morgan fingerprint density at radius 1 is 1.33 bits per heavy atom. The van der Waals surface area contributed by atoms with Crippen molar-refractivity contribution in [2.75, 3.05) is 25.6 Å². The van der Waals surface area contributed by atoms with E-state index in [2.05, 4.69) is 15.5 Å². The van der Waals surface area contributed by atoms with Crippen LogP contribution in [0.3, 0.4) is 0 Å². The number of hydrogen-bond donors (Lipinski definition) is 2. The maximum absolute atomic E-state index is 12.4. The maximum Gasteiger partial charge on any atom is 0.232 e. The van der Waals surface area contributed by atoms with Crippen LogP contribution >= 0.6 is 0 Å². The van der Waals surface area contributed by atoms with Crippen molar-refractivity contribution >= 4 is 11.7 Å². The Morgan fingerprint density at radius 3 is 2.71 bits per heavy atom. The molecule has 1 aromatic heterocycles. The lowest BCUT2D eigenvalue weighted by atomic mass is 9.97. The fourth-order valence-corrected chi connectivity index (χ4v) is 2.90. The van der Waals surface area contributed by atoms with Gasteiger partial charge in [0, 0.05) is 30.9 Å². The smallest absolute Gasteiger partial charge is 0.232 e. The standard InChI is InChI=1S/C18H23N3O3/c1-12(13-3-5-15(23-2)6-4-13)18(22)19-17-11-16(20-21-17)14-7-9-24-10-8-14/h3-6,11-12,14H,7-10H2,1-2H3,(H2,19,20,21,22). The molecule has 1 aromatic carbocycles. The molecule has 6 heteroatoms. The number of H-pyrrole nitrogens is 1. The van der Waals surface area contributed by atoms with Gasteiger partial charge in [0.05, 0.1) is 13.0 Å². The van der Waals surface area contributed by atoms with Crippen molar-refractivity contribution in [3.8, 4) is 5.75 Å². The Bertz CT molecular complexity index is 675. The third-order valence-electron chi connectivity index (χ3n) is 4.52. The molecule has 1 atom stereocenters. The number of aromatic nitrogens is 2. The largest absolute Gasteiger partial charge is 0.497 e. The number of amides is 1. The summed E-state index contributed by atoms with van der Waals surface area (Å²) in [7, 11) is 1.62. The maximum atomic E-state index is 12.4. The lowest BCUT2D eigenvalue weighted by molar-refractivity contribution is -0.117. The molecule has 1 amide bonds. The highest BCUT2D eigenvalue weighted by Crippen LogP contribution is 2.27. The van der Waals surface area contributed by atoms with Gasteiger partial charge in [0.25, 0.3) is 0 Å². The summed E-state index contributed by atoms with van der Waals surface area (Å²) in [6, 6.07) is 9.45. The summed E-state index contributed by atoms with van der Waals surface area (Å²) in [4.78, 5) is 12.4. The van der Waals surface area contributed by atoms with Crippen LogP contribution in [0.4, 0.5) is 5.82 Å². The molecule has 2 N–H and O–H groups in total. The number of hydrogen-bond acceptors (Lipinski definition) is 4. The third-order valence-corrected chi connectivity index (χ3v) is 4.52. The second-order valence-electron chi connectivity index (χ2n) is 6.08. The Kier molecular flexibility index (Phi) is 5.15. The molecule has 1 saturated heterocycles. The lowest BCUT2D eigenvalue weighted by Crippen LogP contribution is -2.19. The molecule has 0 spiro atoms. The Hall–Kier alpha value is -2.34. The molecule has 1 aliphatic rings. The molecule has 3 rings (SSSR count). The molecule has 0 saturated carbocycles. The average Bonchev–Trinajstić information content (AvgIpc) is 3.10. The number of nitrogens with one attached hydrogen (secondary N) is 2. The van der Waals surface area contributed by atoms with Gasteiger partial charge in [-0.2, -0.15) is 5.10 Å². The van der Waals surface area contributed by atoms with Gasteiger partial charge in [0.15, 0.2) is 5.82 Å². The van der Waals surface area contributed by atoms with Gasteiger partial charge in [-0.1, -0.05) is 12.1 Å². The lowest BCUT2D eigenvalue weighted by Gasteiger charge is -2.20. The second-order valence-corrected chi connectivity index (χ2v) is 6.08. The number of aromatic amines is 1. The Balaban J connectivity index is 1.62. The molecule has 0 aliphatic carbocycles. The first-order valence-corrected chi connectivity index (χ1v) is 8.25. The van der Waals surface area contributed by atoms with Crippen LogP contribution in [0.2, 0.25) is 0 Å².